The molecule has 1 amide bonds. The molecule has 0 radical (unpaired) electrons. The fourth-order valence-corrected chi connectivity index (χ4v) is 3.61. The molecule has 2 aliphatic rings. The standard InChI is InChI=1S/C18H34N2O3/c1-5-14(21)8-11-19-13-6-9-18(10-7-13)12-15(18)20-16(22)23-17(2,3)4/h13-15,19,21H,5-12H2,1-4H3,(H,20,22). The van der Waals surface area contributed by atoms with E-state index in [2.05, 4.69) is 10.6 Å². The van der Waals surface area contributed by atoms with Gasteiger partial charge >= 0.3 is 6.09 Å². The van der Waals surface area contributed by atoms with E-state index >= 15 is 0 Å². The zero-order chi connectivity index (χ0) is 17.1. The van der Waals surface area contributed by atoms with E-state index in [0.717, 1.165) is 38.6 Å². The van der Waals surface area contributed by atoms with Crippen LogP contribution in [0.1, 0.15) is 72.6 Å². The van der Waals surface area contributed by atoms with Gasteiger partial charge in [0.15, 0.2) is 0 Å². The molecular weight excluding hydrogens is 292 g/mol. The summed E-state index contributed by atoms with van der Waals surface area (Å²) in [5, 5.41) is 16.2. The van der Waals surface area contributed by atoms with Crippen molar-refractivity contribution in [2.24, 2.45) is 5.41 Å². The molecule has 0 bridgehead atoms. The van der Waals surface area contributed by atoms with Gasteiger partial charge < -0.3 is 20.5 Å². The SMILES string of the molecule is CCC(O)CCNC1CCC2(CC1)CC2NC(=O)OC(C)(C)C. The van der Waals surface area contributed by atoms with Crippen molar-refractivity contribution in [3.63, 3.8) is 0 Å². The number of hydrogen-bond donors (Lipinski definition) is 3. The van der Waals surface area contributed by atoms with Crippen LogP contribution in [0.2, 0.25) is 0 Å². The van der Waals surface area contributed by atoms with Gasteiger partial charge in [0, 0.05) is 12.1 Å². The predicted molar refractivity (Wildman–Crippen MR) is 91.4 cm³/mol. The Morgan fingerprint density at radius 2 is 2.00 bits per heavy atom. The van der Waals surface area contributed by atoms with Gasteiger partial charge in [-0.3, -0.25) is 0 Å². The first kappa shape index (κ1) is 18.5. The van der Waals surface area contributed by atoms with Gasteiger partial charge in [0.25, 0.3) is 0 Å². The highest BCUT2D eigenvalue weighted by Gasteiger charge is 2.55. The summed E-state index contributed by atoms with van der Waals surface area (Å²) in [6.07, 6.45) is 6.95. The Kier molecular flexibility index (Phi) is 5.95. The van der Waals surface area contributed by atoms with Gasteiger partial charge in [-0.1, -0.05) is 6.92 Å². The van der Waals surface area contributed by atoms with Crippen molar-refractivity contribution in [3.05, 3.63) is 0 Å². The molecule has 2 atom stereocenters. The number of alkyl carbamates (subject to hydrolysis) is 1. The minimum Gasteiger partial charge on any atom is -0.444 e. The van der Waals surface area contributed by atoms with Crippen molar-refractivity contribution in [1.82, 2.24) is 10.6 Å². The lowest BCUT2D eigenvalue weighted by Gasteiger charge is -2.30. The number of carbonyl (C=O) groups excluding carboxylic acids is 1. The number of aliphatic hydroxyl groups excluding tert-OH is 1. The number of rotatable bonds is 6. The van der Waals surface area contributed by atoms with Crippen LogP contribution in [0.25, 0.3) is 0 Å². The lowest BCUT2D eigenvalue weighted by Crippen LogP contribution is -2.39. The van der Waals surface area contributed by atoms with Crippen molar-refractivity contribution in [1.29, 1.82) is 0 Å². The summed E-state index contributed by atoms with van der Waals surface area (Å²) < 4.78 is 5.34. The monoisotopic (exact) mass is 326 g/mol. The van der Waals surface area contributed by atoms with Crippen molar-refractivity contribution < 1.29 is 14.6 Å². The maximum atomic E-state index is 11.9. The predicted octanol–water partition coefficient (Wildman–Crippen LogP) is 2.96. The van der Waals surface area contributed by atoms with Crippen LogP contribution in [0, 0.1) is 5.41 Å². The Bertz CT molecular complexity index is 398. The largest absolute Gasteiger partial charge is 0.444 e. The zero-order valence-corrected chi connectivity index (χ0v) is 15.2. The Balaban J connectivity index is 1.64. The average Bonchev–Trinajstić information content (AvgIpc) is 3.10. The Hall–Kier alpha value is -0.810. The first-order valence-corrected chi connectivity index (χ1v) is 9.15. The molecule has 2 saturated carbocycles. The number of carbonyl (C=O) groups is 1. The first-order chi connectivity index (χ1) is 10.7. The Morgan fingerprint density at radius 3 is 2.57 bits per heavy atom. The number of amides is 1. The quantitative estimate of drug-likeness (QED) is 0.702. The van der Waals surface area contributed by atoms with Gasteiger partial charge in [-0.2, -0.15) is 0 Å². The summed E-state index contributed by atoms with van der Waals surface area (Å²) in [4.78, 5) is 11.9. The van der Waals surface area contributed by atoms with E-state index in [0.29, 0.717) is 17.5 Å². The smallest absolute Gasteiger partial charge is 0.407 e. The van der Waals surface area contributed by atoms with Gasteiger partial charge in [-0.15, -0.1) is 0 Å². The van der Waals surface area contributed by atoms with E-state index in [1.165, 1.54) is 12.8 Å². The minimum absolute atomic E-state index is 0.178. The fraction of sp³-hybridized carbons (Fsp3) is 0.944. The maximum absolute atomic E-state index is 11.9. The molecule has 2 fully saturated rings. The molecule has 0 saturated heterocycles. The van der Waals surface area contributed by atoms with E-state index in [-0.39, 0.29) is 12.2 Å². The van der Waals surface area contributed by atoms with E-state index in [9.17, 15) is 9.90 Å². The number of nitrogens with one attached hydrogen (secondary N) is 2. The van der Waals surface area contributed by atoms with Crippen molar-refractivity contribution in [2.45, 2.75) is 96.4 Å². The van der Waals surface area contributed by atoms with E-state index in [1.54, 1.807) is 0 Å². The van der Waals surface area contributed by atoms with Crippen molar-refractivity contribution in [3.8, 4) is 0 Å². The van der Waals surface area contributed by atoms with Crippen LogP contribution in [-0.2, 0) is 4.74 Å². The molecule has 134 valence electrons. The molecule has 0 aromatic rings. The Labute approximate surface area is 140 Å². The number of aliphatic hydroxyl groups is 1. The molecule has 2 rings (SSSR count). The number of ether oxygens (including phenoxy) is 1. The van der Waals surface area contributed by atoms with E-state index < -0.39 is 5.60 Å². The molecule has 5 nitrogen and oxygen atoms in total. The van der Waals surface area contributed by atoms with Crippen LogP contribution in [0.3, 0.4) is 0 Å². The van der Waals surface area contributed by atoms with Crippen LogP contribution in [0.15, 0.2) is 0 Å². The summed E-state index contributed by atoms with van der Waals surface area (Å²) in [7, 11) is 0. The number of hydrogen-bond acceptors (Lipinski definition) is 4. The van der Waals surface area contributed by atoms with Crippen molar-refractivity contribution in [2.75, 3.05) is 6.54 Å². The molecule has 0 aliphatic heterocycles. The third-order valence-corrected chi connectivity index (χ3v) is 5.24. The van der Waals surface area contributed by atoms with Gasteiger partial charge in [0.05, 0.1) is 6.10 Å². The summed E-state index contributed by atoms with van der Waals surface area (Å²) in [6.45, 7) is 8.58. The van der Waals surface area contributed by atoms with Gasteiger partial charge in [-0.05, 0) is 77.7 Å². The summed E-state index contributed by atoms with van der Waals surface area (Å²) in [6, 6.07) is 0.854. The van der Waals surface area contributed by atoms with Crippen LogP contribution >= 0.6 is 0 Å². The maximum Gasteiger partial charge on any atom is 0.407 e. The Morgan fingerprint density at radius 1 is 1.35 bits per heavy atom. The van der Waals surface area contributed by atoms with Crippen LogP contribution in [0.4, 0.5) is 4.79 Å². The van der Waals surface area contributed by atoms with Crippen LogP contribution in [0.5, 0.6) is 0 Å². The molecule has 2 aliphatic carbocycles. The van der Waals surface area contributed by atoms with Crippen molar-refractivity contribution >= 4 is 6.09 Å². The third kappa shape index (κ3) is 5.64. The van der Waals surface area contributed by atoms with Crippen LogP contribution in [-0.4, -0.2) is 41.5 Å². The molecule has 1 spiro atoms. The molecule has 5 heteroatoms. The third-order valence-electron chi connectivity index (χ3n) is 5.24. The second kappa shape index (κ2) is 7.39. The highest BCUT2D eigenvalue weighted by atomic mass is 16.6. The van der Waals surface area contributed by atoms with E-state index in [1.807, 2.05) is 27.7 Å². The lowest BCUT2D eigenvalue weighted by molar-refractivity contribution is 0.0512. The molecule has 23 heavy (non-hydrogen) atoms. The molecule has 3 N–H and O–H groups in total. The van der Waals surface area contributed by atoms with Gasteiger partial charge in [-0.25, -0.2) is 4.79 Å². The second-order valence-corrected chi connectivity index (χ2v) is 8.34. The van der Waals surface area contributed by atoms with E-state index in [4.69, 9.17) is 4.74 Å². The normalized spacial score (nSPS) is 31.7. The lowest BCUT2D eigenvalue weighted by atomic mass is 9.82. The molecule has 0 aromatic heterocycles. The fourth-order valence-electron chi connectivity index (χ4n) is 3.61. The molecular formula is C18H34N2O3. The highest BCUT2D eigenvalue weighted by molar-refractivity contribution is 5.68. The summed E-state index contributed by atoms with van der Waals surface area (Å²) >= 11 is 0. The second-order valence-electron chi connectivity index (χ2n) is 8.34. The first-order valence-electron chi connectivity index (χ1n) is 9.15. The molecule has 2 unspecified atom stereocenters. The summed E-state index contributed by atoms with van der Waals surface area (Å²) in [5.74, 6) is 0. The average molecular weight is 326 g/mol. The zero-order valence-electron chi connectivity index (χ0n) is 15.2. The molecule has 0 aromatic carbocycles. The van der Waals surface area contributed by atoms with Gasteiger partial charge in [0.2, 0.25) is 0 Å². The minimum atomic E-state index is -0.434. The summed E-state index contributed by atoms with van der Waals surface area (Å²) in [5.41, 5.74) is -0.116. The van der Waals surface area contributed by atoms with Crippen LogP contribution < -0.4 is 10.6 Å². The molecule has 0 heterocycles. The topological polar surface area (TPSA) is 70.6 Å². The van der Waals surface area contributed by atoms with Gasteiger partial charge in [0.1, 0.15) is 5.60 Å². The highest BCUT2D eigenvalue weighted by Crippen LogP contribution is 2.56.